The highest BCUT2D eigenvalue weighted by Gasteiger charge is 2.40. The molecule has 0 unspecified atom stereocenters. The Balaban J connectivity index is 2.65. The predicted octanol–water partition coefficient (Wildman–Crippen LogP) is 4.36. The maximum Gasteiger partial charge on any atom is 0.132 e. The van der Waals surface area contributed by atoms with Gasteiger partial charge in [-0.1, -0.05) is 80.3 Å². The molecule has 0 heterocycles. The van der Waals surface area contributed by atoms with Gasteiger partial charge in [0.1, 0.15) is 5.60 Å². The van der Waals surface area contributed by atoms with Crippen molar-refractivity contribution in [2.75, 3.05) is 0 Å². The van der Waals surface area contributed by atoms with Crippen molar-refractivity contribution in [3.05, 3.63) is 83.6 Å². The van der Waals surface area contributed by atoms with Crippen molar-refractivity contribution in [1.29, 1.82) is 0 Å². The smallest absolute Gasteiger partial charge is 0.132 e. The molecule has 2 rings (SSSR count). The second-order valence-electron chi connectivity index (χ2n) is 6.17. The van der Waals surface area contributed by atoms with E-state index in [0.717, 1.165) is 16.3 Å². The molecule has 0 fully saturated rings. The van der Waals surface area contributed by atoms with Crippen LogP contribution in [-0.2, 0) is 5.60 Å². The summed E-state index contributed by atoms with van der Waals surface area (Å²) < 4.78 is 0. The second kappa shape index (κ2) is 5.39. The lowest BCUT2D eigenvalue weighted by Gasteiger charge is -2.37. The van der Waals surface area contributed by atoms with Gasteiger partial charge in [-0.25, -0.2) is 0 Å². The summed E-state index contributed by atoms with van der Waals surface area (Å²) in [7, 11) is -1.71. The third kappa shape index (κ3) is 2.62. The van der Waals surface area contributed by atoms with Crippen LogP contribution in [0.25, 0.3) is 0 Å². The molecule has 20 heavy (non-hydrogen) atoms. The van der Waals surface area contributed by atoms with Gasteiger partial charge in [0.05, 0.1) is 8.07 Å². The Labute approximate surface area is 122 Å². The van der Waals surface area contributed by atoms with Crippen molar-refractivity contribution in [3.8, 4) is 0 Å². The number of aliphatic hydroxyl groups is 1. The van der Waals surface area contributed by atoms with Crippen molar-refractivity contribution < 1.29 is 5.11 Å². The lowest BCUT2D eigenvalue weighted by Crippen LogP contribution is -2.41. The van der Waals surface area contributed by atoms with Gasteiger partial charge >= 0.3 is 0 Å². The molecule has 2 aromatic rings. The highest BCUT2D eigenvalue weighted by atomic mass is 28.3. The molecule has 104 valence electrons. The molecule has 0 saturated carbocycles. The summed E-state index contributed by atoms with van der Waals surface area (Å²) in [5.74, 6) is 0. The summed E-state index contributed by atoms with van der Waals surface area (Å²) >= 11 is 0. The highest BCUT2D eigenvalue weighted by Crippen LogP contribution is 2.39. The van der Waals surface area contributed by atoms with E-state index in [2.05, 4.69) is 26.2 Å². The van der Waals surface area contributed by atoms with E-state index in [0.29, 0.717) is 0 Å². The first-order valence-corrected chi connectivity index (χ1v) is 10.4. The quantitative estimate of drug-likeness (QED) is 0.826. The monoisotopic (exact) mass is 282 g/mol. The Bertz CT molecular complexity index is 542. The largest absolute Gasteiger partial charge is 0.377 e. The molecule has 1 nitrogen and oxygen atoms in total. The number of rotatable bonds is 4. The van der Waals surface area contributed by atoms with E-state index in [1.165, 1.54) is 0 Å². The van der Waals surface area contributed by atoms with Crippen molar-refractivity contribution in [3.63, 3.8) is 0 Å². The molecule has 0 atom stereocenters. The topological polar surface area (TPSA) is 20.2 Å². The van der Waals surface area contributed by atoms with E-state index >= 15 is 0 Å². The van der Waals surface area contributed by atoms with Gasteiger partial charge in [-0.3, -0.25) is 0 Å². The van der Waals surface area contributed by atoms with Crippen LogP contribution in [0.2, 0.25) is 19.6 Å². The van der Waals surface area contributed by atoms with Crippen LogP contribution in [0.5, 0.6) is 0 Å². The van der Waals surface area contributed by atoms with Crippen LogP contribution >= 0.6 is 0 Å². The van der Waals surface area contributed by atoms with E-state index < -0.39 is 13.7 Å². The van der Waals surface area contributed by atoms with Gasteiger partial charge in [0.15, 0.2) is 0 Å². The van der Waals surface area contributed by atoms with Crippen LogP contribution in [-0.4, -0.2) is 13.2 Å². The maximum absolute atomic E-state index is 11.5. The van der Waals surface area contributed by atoms with Gasteiger partial charge in [0, 0.05) is 0 Å². The van der Waals surface area contributed by atoms with Crippen LogP contribution in [0.4, 0.5) is 0 Å². The second-order valence-corrected chi connectivity index (χ2v) is 11.3. The minimum Gasteiger partial charge on any atom is -0.377 e. The summed E-state index contributed by atoms with van der Waals surface area (Å²) in [6, 6.07) is 19.6. The molecule has 0 aliphatic rings. The van der Waals surface area contributed by atoms with Gasteiger partial charge in [0.2, 0.25) is 0 Å². The Morgan fingerprint density at radius 2 is 1.20 bits per heavy atom. The average molecular weight is 282 g/mol. The highest BCUT2D eigenvalue weighted by molar-refractivity contribution is 6.83. The van der Waals surface area contributed by atoms with Gasteiger partial charge < -0.3 is 5.11 Å². The van der Waals surface area contributed by atoms with Gasteiger partial charge in [-0.15, -0.1) is 6.58 Å². The summed E-state index contributed by atoms with van der Waals surface area (Å²) in [6.07, 6.45) is 0. The van der Waals surface area contributed by atoms with E-state index in [-0.39, 0.29) is 0 Å². The summed E-state index contributed by atoms with van der Waals surface area (Å²) in [4.78, 5) is 0. The minimum absolute atomic E-state index is 0.888. The van der Waals surface area contributed by atoms with Crippen LogP contribution in [0.15, 0.2) is 72.4 Å². The predicted molar refractivity (Wildman–Crippen MR) is 88.4 cm³/mol. The zero-order chi connectivity index (χ0) is 14.8. The molecular formula is C18H22OSi. The van der Waals surface area contributed by atoms with Crippen molar-refractivity contribution in [2.24, 2.45) is 0 Å². The van der Waals surface area contributed by atoms with Crippen molar-refractivity contribution >= 4 is 8.07 Å². The molecule has 2 heteroatoms. The summed E-state index contributed by atoms with van der Waals surface area (Å²) in [5.41, 5.74) is 0.671. The van der Waals surface area contributed by atoms with Crippen LogP contribution in [0.3, 0.4) is 0 Å². The third-order valence-electron chi connectivity index (χ3n) is 3.73. The molecule has 1 N–H and O–H groups in total. The Morgan fingerprint density at radius 3 is 1.50 bits per heavy atom. The normalized spacial score (nSPS) is 12.2. The van der Waals surface area contributed by atoms with Crippen LogP contribution < -0.4 is 0 Å². The van der Waals surface area contributed by atoms with E-state index in [1.54, 1.807) is 0 Å². The SMILES string of the molecule is C=C(C(O)(c1ccccc1)c1ccccc1)[Si](C)(C)C. The zero-order valence-corrected chi connectivity index (χ0v) is 13.4. The first-order valence-electron chi connectivity index (χ1n) is 6.90. The molecule has 0 spiro atoms. The van der Waals surface area contributed by atoms with E-state index in [1.807, 2.05) is 60.7 Å². The molecule has 0 amide bonds. The molecular weight excluding hydrogens is 260 g/mol. The van der Waals surface area contributed by atoms with Gasteiger partial charge in [-0.05, 0) is 16.3 Å². The Morgan fingerprint density at radius 1 is 0.850 bits per heavy atom. The zero-order valence-electron chi connectivity index (χ0n) is 12.4. The van der Waals surface area contributed by atoms with Crippen molar-refractivity contribution in [2.45, 2.75) is 25.2 Å². The van der Waals surface area contributed by atoms with E-state index in [9.17, 15) is 5.11 Å². The number of benzene rings is 2. The fraction of sp³-hybridized carbons (Fsp3) is 0.222. The number of hydrogen-bond donors (Lipinski definition) is 1. The van der Waals surface area contributed by atoms with Gasteiger partial charge in [0.25, 0.3) is 0 Å². The maximum atomic E-state index is 11.5. The molecule has 0 aliphatic carbocycles. The van der Waals surface area contributed by atoms with Crippen LogP contribution in [0, 0.1) is 0 Å². The molecule has 0 saturated heterocycles. The Hall–Kier alpha value is -1.64. The summed E-state index contributed by atoms with van der Waals surface area (Å²) in [5, 5.41) is 12.4. The molecule has 0 aromatic heterocycles. The molecule has 0 aliphatic heterocycles. The lowest BCUT2D eigenvalue weighted by atomic mass is 9.86. The first-order chi connectivity index (χ1) is 9.37. The van der Waals surface area contributed by atoms with Gasteiger partial charge in [-0.2, -0.15) is 0 Å². The van der Waals surface area contributed by atoms with E-state index in [4.69, 9.17) is 0 Å². The number of hydrogen-bond acceptors (Lipinski definition) is 1. The summed E-state index contributed by atoms with van der Waals surface area (Å²) in [6.45, 7) is 10.9. The lowest BCUT2D eigenvalue weighted by molar-refractivity contribution is 0.128. The molecule has 2 aromatic carbocycles. The van der Waals surface area contributed by atoms with Crippen molar-refractivity contribution in [1.82, 2.24) is 0 Å². The molecule has 0 radical (unpaired) electrons. The fourth-order valence-electron chi connectivity index (χ4n) is 2.42. The third-order valence-corrected chi connectivity index (χ3v) is 5.90. The molecule has 0 bridgehead atoms. The fourth-order valence-corrected chi connectivity index (χ4v) is 3.79. The minimum atomic E-state index is -1.71. The average Bonchev–Trinajstić information content (AvgIpc) is 2.46. The first kappa shape index (κ1) is 14.8. The standard InChI is InChI=1S/C18H22OSi/c1-15(20(2,3)4)18(19,16-11-7-5-8-12-16)17-13-9-6-10-14-17/h5-14,19H,1H2,2-4H3. The Kier molecular flexibility index (Phi) is 3.98. The van der Waals surface area contributed by atoms with Crippen LogP contribution in [0.1, 0.15) is 11.1 Å².